The van der Waals surface area contributed by atoms with Gasteiger partial charge in [0.05, 0.1) is 6.61 Å². The molecule has 2 rings (SSSR count). The van der Waals surface area contributed by atoms with Crippen molar-refractivity contribution in [3.8, 4) is 5.75 Å². The number of hydrogen-bond donors (Lipinski definition) is 1. The molecule has 7 heteroatoms. The monoisotopic (exact) mass is 326 g/mol. The average molecular weight is 327 g/mol. The summed E-state index contributed by atoms with van der Waals surface area (Å²) in [5, 5.41) is 0.601. The van der Waals surface area contributed by atoms with Crippen LogP contribution < -0.4 is 10.2 Å². The van der Waals surface area contributed by atoms with Gasteiger partial charge >= 0.3 is 0 Å². The molecule has 6 nitrogen and oxygen atoms in total. The van der Waals surface area contributed by atoms with Crippen molar-refractivity contribution in [2.24, 2.45) is 0 Å². The van der Waals surface area contributed by atoms with Gasteiger partial charge in [-0.05, 0) is 37.6 Å². The molecule has 1 fully saturated rings. The first-order chi connectivity index (χ1) is 10.6. The summed E-state index contributed by atoms with van der Waals surface area (Å²) < 4.78 is 5.46. The highest BCUT2D eigenvalue weighted by Crippen LogP contribution is 2.16. The van der Waals surface area contributed by atoms with Gasteiger partial charge in [0.1, 0.15) is 5.75 Å². The SMILES string of the molecule is C[C@H](Oc1ccc(Cl)cc1)C(=O)NOCCN1CCCC1=O. The van der Waals surface area contributed by atoms with E-state index in [0.717, 1.165) is 13.0 Å². The van der Waals surface area contributed by atoms with Crippen molar-refractivity contribution in [2.45, 2.75) is 25.9 Å². The summed E-state index contributed by atoms with van der Waals surface area (Å²) in [5.41, 5.74) is 2.32. The Balaban J connectivity index is 1.65. The van der Waals surface area contributed by atoms with Gasteiger partial charge < -0.3 is 9.64 Å². The van der Waals surface area contributed by atoms with Crippen molar-refractivity contribution in [3.05, 3.63) is 29.3 Å². The highest BCUT2D eigenvalue weighted by molar-refractivity contribution is 6.30. The van der Waals surface area contributed by atoms with Gasteiger partial charge in [-0.25, -0.2) is 5.48 Å². The molecule has 0 spiro atoms. The number of nitrogens with zero attached hydrogens (tertiary/aromatic N) is 1. The van der Waals surface area contributed by atoms with Gasteiger partial charge in [-0.2, -0.15) is 0 Å². The summed E-state index contributed by atoms with van der Waals surface area (Å²) in [6.07, 6.45) is 0.782. The van der Waals surface area contributed by atoms with Gasteiger partial charge in [-0.3, -0.25) is 14.4 Å². The van der Waals surface area contributed by atoms with E-state index >= 15 is 0 Å². The molecule has 22 heavy (non-hydrogen) atoms. The number of hydrogen-bond acceptors (Lipinski definition) is 4. The second-order valence-corrected chi connectivity index (χ2v) is 5.45. The Morgan fingerprint density at radius 3 is 2.77 bits per heavy atom. The van der Waals surface area contributed by atoms with Crippen LogP contribution in [0.5, 0.6) is 5.75 Å². The Morgan fingerprint density at radius 2 is 2.14 bits per heavy atom. The molecule has 0 radical (unpaired) electrons. The fourth-order valence-electron chi connectivity index (χ4n) is 2.07. The van der Waals surface area contributed by atoms with E-state index in [2.05, 4.69) is 5.48 Å². The lowest BCUT2D eigenvalue weighted by molar-refractivity contribution is -0.141. The Morgan fingerprint density at radius 1 is 1.41 bits per heavy atom. The van der Waals surface area contributed by atoms with Crippen molar-refractivity contribution >= 4 is 23.4 Å². The molecule has 0 saturated carbocycles. The molecule has 1 N–H and O–H groups in total. The quantitative estimate of drug-likeness (QED) is 0.612. The molecule has 0 aromatic heterocycles. The van der Waals surface area contributed by atoms with E-state index in [0.29, 0.717) is 23.7 Å². The standard InChI is InChI=1S/C15H19ClN2O4/c1-11(22-13-6-4-12(16)5-7-13)15(20)17-21-10-9-18-8-2-3-14(18)19/h4-7,11H,2-3,8-10H2,1H3,(H,17,20)/t11-/m0/s1. The number of rotatable bonds is 7. The van der Waals surface area contributed by atoms with Crippen molar-refractivity contribution in [1.29, 1.82) is 0 Å². The zero-order valence-electron chi connectivity index (χ0n) is 12.4. The molecule has 1 saturated heterocycles. The molecular weight excluding hydrogens is 308 g/mol. The van der Waals surface area contributed by atoms with Crippen LogP contribution in [0.25, 0.3) is 0 Å². The number of amides is 2. The second-order valence-electron chi connectivity index (χ2n) is 5.01. The molecule has 0 bridgehead atoms. The zero-order valence-corrected chi connectivity index (χ0v) is 13.1. The lowest BCUT2D eigenvalue weighted by Crippen LogP contribution is -2.38. The van der Waals surface area contributed by atoms with Gasteiger partial charge in [-0.15, -0.1) is 0 Å². The van der Waals surface area contributed by atoms with Crippen molar-refractivity contribution in [3.63, 3.8) is 0 Å². The van der Waals surface area contributed by atoms with Crippen LogP contribution in [0.15, 0.2) is 24.3 Å². The summed E-state index contributed by atoms with van der Waals surface area (Å²) >= 11 is 5.78. The number of hydroxylamine groups is 1. The maximum atomic E-state index is 11.8. The van der Waals surface area contributed by atoms with E-state index in [1.54, 1.807) is 36.1 Å². The third-order valence-electron chi connectivity index (χ3n) is 3.30. The average Bonchev–Trinajstić information content (AvgIpc) is 2.91. The highest BCUT2D eigenvalue weighted by Gasteiger charge is 2.20. The van der Waals surface area contributed by atoms with Crippen LogP contribution in [-0.2, 0) is 14.4 Å². The minimum atomic E-state index is -0.699. The fraction of sp³-hybridized carbons (Fsp3) is 0.467. The van der Waals surface area contributed by atoms with Crippen LogP contribution in [0.2, 0.25) is 5.02 Å². The van der Waals surface area contributed by atoms with Crippen LogP contribution in [0.1, 0.15) is 19.8 Å². The van der Waals surface area contributed by atoms with E-state index in [1.165, 1.54) is 0 Å². The van der Waals surface area contributed by atoms with Crippen LogP contribution in [0, 0.1) is 0 Å². The predicted molar refractivity (Wildman–Crippen MR) is 81.5 cm³/mol. The zero-order chi connectivity index (χ0) is 15.9. The molecule has 1 aliphatic rings. The van der Waals surface area contributed by atoms with Crippen LogP contribution >= 0.6 is 11.6 Å². The van der Waals surface area contributed by atoms with E-state index in [9.17, 15) is 9.59 Å². The number of carbonyl (C=O) groups excluding carboxylic acids is 2. The molecule has 1 atom stereocenters. The Labute approximate surface area is 134 Å². The summed E-state index contributed by atoms with van der Waals surface area (Å²) in [6, 6.07) is 6.74. The molecular formula is C15H19ClN2O4. The highest BCUT2D eigenvalue weighted by atomic mass is 35.5. The summed E-state index contributed by atoms with van der Waals surface area (Å²) in [7, 11) is 0. The molecule has 1 aliphatic heterocycles. The molecule has 1 heterocycles. The molecule has 1 aromatic carbocycles. The van der Waals surface area contributed by atoms with Crippen molar-refractivity contribution in [1.82, 2.24) is 10.4 Å². The smallest absolute Gasteiger partial charge is 0.284 e. The topological polar surface area (TPSA) is 67.9 Å². The lowest BCUT2D eigenvalue weighted by atomic mass is 10.3. The summed E-state index contributed by atoms with van der Waals surface area (Å²) in [4.78, 5) is 30.0. The Bertz CT molecular complexity index is 521. The molecule has 2 amide bonds. The van der Waals surface area contributed by atoms with Crippen LogP contribution in [0.4, 0.5) is 0 Å². The third kappa shape index (κ3) is 4.89. The molecule has 120 valence electrons. The minimum absolute atomic E-state index is 0.134. The first kappa shape index (κ1) is 16.6. The van der Waals surface area contributed by atoms with Gasteiger partial charge in [-0.1, -0.05) is 11.6 Å². The fourth-order valence-corrected chi connectivity index (χ4v) is 2.20. The summed E-state index contributed by atoms with van der Waals surface area (Å²) in [5.74, 6) is 0.298. The normalized spacial score (nSPS) is 15.7. The van der Waals surface area contributed by atoms with Gasteiger partial charge in [0.15, 0.2) is 6.10 Å². The molecule has 0 aliphatic carbocycles. The first-order valence-electron chi connectivity index (χ1n) is 7.18. The number of carbonyl (C=O) groups is 2. The van der Waals surface area contributed by atoms with Gasteiger partial charge in [0.25, 0.3) is 5.91 Å². The van der Waals surface area contributed by atoms with E-state index in [-0.39, 0.29) is 18.4 Å². The lowest BCUT2D eigenvalue weighted by Gasteiger charge is -2.17. The number of likely N-dealkylation sites (tertiary alicyclic amines) is 1. The third-order valence-corrected chi connectivity index (χ3v) is 3.56. The Kier molecular flexibility index (Phi) is 6.03. The second kappa shape index (κ2) is 8.00. The maximum absolute atomic E-state index is 11.8. The van der Waals surface area contributed by atoms with Crippen molar-refractivity contribution < 1.29 is 19.2 Å². The van der Waals surface area contributed by atoms with E-state index < -0.39 is 6.10 Å². The largest absolute Gasteiger partial charge is 0.481 e. The van der Waals surface area contributed by atoms with Gasteiger partial charge in [0, 0.05) is 24.5 Å². The predicted octanol–water partition coefficient (Wildman–Crippen LogP) is 1.78. The van der Waals surface area contributed by atoms with Gasteiger partial charge in [0.2, 0.25) is 5.91 Å². The minimum Gasteiger partial charge on any atom is -0.481 e. The van der Waals surface area contributed by atoms with E-state index in [1.807, 2.05) is 0 Å². The number of halogens is 1. The number of ether oxygens (including phenoxy) is 1. The first-order valence-corrected chi connectivity index (χ1v) is 7.55. The maximum Gasteiger partial charge on any atom is 0.284 e. The van der Waals surface area contributed by atoms with E-state index in [4.69, 9.17) is 21.2 Å². The summed E-state index contributed by atoms with van der Waals surface area (Å²) in [6.45, 7) is 3.11. The molecule has 1 aromatic rings. The van der Waals surface area contributed by atoms with Crippen LogP contribution in [-0.4, -0.2) is 42.5 Å². The van der Waals surface area contributed by atoms with Crippen LogP contribution in [0.3, 0.4) is 0 Å². The number of nitrogens with one attached hydrogen (secondary N) is 1. The number of benzene rings is 1. The Hall–Kier alpha value is -1.79. The molecule has 0 unspecified atom stereocenters. The van der Waals surface area contributed by atoms with Crippen molar-refractivity contribution in [2.75, 3.05) is 19.7 Å².